The van der Waals surface area contributed by atoms with Crippen LogP contribution in [0.2, 0.25) is 0 Å². The molecule has 0 aromatic carbocycles. The van der Waals surface area contributed by atoms with Crippen LogP contribution < -0.4 is 10.5 Å². The van der Waals surface area contributed by atoms with Gasteiger partial charge in [-0.25, -0.2) is 9.50 Å². The van der Waals surface area contributed by atoms with Crippen LogP contribution in [0.15, 0.2) is 24.7 Å². The number of aromatic nitrogens is 3. The first-order valence-corrected chi connectivity index (χ1v) is 4.53. The minimum absolute atomic E-state index is 0.592. The Balaban J connectivity index is 2.19. The molecule has 74 valence electrons. The van der Waals surface area contributed by atoms with Crippen molar-refractivity contribution in [2.24, 2.45) is 5.73 Å². The van der Waals surface area contributed by atoms with Crippen LogP contribution in [0.4, 0.5) is 0 Å². The Kier molecular flexibility index (Phi) is 2.60. The molecule has 14 heavy (non-hydrogen) atoms. The second-order valence-corrected chi connectivity index (χ2v) is 2.88. The zero-order chi connectivity index (χ0) is 9.80. The number of fused-ring (bicyclic) bond motifs is 1. The molecule has 0 aliphatic carbocycles. The molecule has 5 heteroatoms. The average molecular weight is 192 g/mol. The molecule has 0 bridgehead atoms. The van der Waals surface area contributed by atoms with Gasteiger partial charge in [-0.15, -0.1) is 0 Å². The molecule has 2 heterocycles. The lowest BCUT2D eigenvalue weighted by atomic mass is 10.4. The van der Waals surface area contributed by atoms with E-state index in [0.29, 0.717) is 19.0 Å². The Morgan fingerprint density at radius 2 is 2.36 bits per heavy atom. The highest BCUT2D eigenvalue weighted by atomic mass is 16.5. The van der Waals surface area contributed by atoms with Gasteiger partial charge < -0.3 is 10.5 Å². The van der Waals surface area contributed by atoms with Gasteiger partial charge in [0.1, 0.15) is 5.52 Å². The summed E-state index contributed by atoms with van der Waals surface area (Å²) in [5.41, 5.74) is 6.25. The Morgan fingerprint density at radius 1 is 1.43 bits per heavy atom. The van der Waals surface area contributed by atoms with Gasteiger partial charge in [0.2, 0.25) is 5.88 Å². The van der Waals surface area contributed by atoms with Gasteiger partial charge in [-0.05, 0) is 19.0 Å². The third-order valence-corrected chi connectivity index (χ3v) is 1.88. The lowest BCUT2D eigenvalue weighted by molar-refractivity contribution is 0.304. The van der Waals surface area contributed by atoms with Crippen molar-refractivity contribution in [1.29, 1.82) is 0 Å². The van der Waals surface area contributed by atoms with Crippen LogP contribution in [0.25, 0.3) is 5.52 Å². The predicted molar refractivity (Wildman–Crippen MR) is 52.2 cm³/mol. The van der Waals surface area contributed by atoms with Gasteiger partial charge in [0.25, 0.3) is 0 Å². The highest BCUT2D eigenvalue weighted by Crippen LogP contribution is 2.14. The summed E-state index contributed by atoms with van der Waals surface area (Å²) in [7, 11) is 0. The van der Waals surface area contributed by atoms with E-state index in [1.165, 1.54) is 0 Å². The average Bonchev–Trinajstić information content (AvgIpc) is 2.67. The maximum atomic E-state index is 5.47. The van der Waals surface area contributed by atoms with Crippen molar-refractivity contribution < 1.29 is 4.74 Å². The highest BCUT2D eigenvalue weighted by Gasteiger charge is 2.02. The van der Waals surface area contributed by atoms with Gasteiger partial charge in [-0.2, -0.15) is 5.10 Å². The van der Waals surface area contributed by atoms with E-state index in [0.717, 1.165) is 11.9 Å². The standard InChI is InChI=1S/C9H12N4O/c10-3-1-7-14-9-8-2-4-12-13(8)6-5-11-9/h2,4-6H,1,3,7,10H2. The van der Waals surface area contributed by atoms with Gasteiger partial charge in [0.15, 0.2) is 0 Å². The third-order valence-electron chi connectivity index (χ3n) is 1.88. The summed E-state index contributed by atoms with van der Waals surface area (Å²) >= 11 is 0. The van der Waals surface area contributed by atoms with Crippen LogP contribution in [-0.2, 0) is 0 Å². The summed E-state index contributed by atoms with van der Waals surface area (Å²) in [4.78, 5) is 4.13. The quantitative estimate of drug-likeness (QED) is 0.714. The predicted octanol–water partition coefficient (Wildman–Crippen LogP) is 0.457. The normalized spacial score (nSPS) is 10.6. The van der Waals surface area contributed by atoms with E-state index in [4.69, 9.17) is 10.5 Å². The monoisotopic (exact) mass is 192 g/mol. The molecule has 2 rings (SSSR count). The zero-order valence-corrected chi connectivity index (χ0v) is 7.76. The van der Waals surface area contributed by atoms with E-state index in [2.05, 4.69) is 10.1 Å². The molecule has 0 saturated heterocycles. The van der Waals surface area contributed by atoms with Crippen LogP contribution in [0.3, 0.4) is 0 Å². The van der Waals surface area contributed by atoms with Crippen molar-refractivity contribution in [3.05, 3.63) is 24.7 Å². The molecule has 0 aliphatic heterocycles. The first-order valence-electron chi connectivity index (χ1n) is 4.53. The minimum Gasteiger partial charge on any atom is -0.476 e. The first kappa shape index (κ1) is 8.96. The van der Waals surface area contributed by atoms with Crippen LogP contribution >= 0.6 is 0 Å². The Hall–Kier alpha value is -1.62. The second-order valence-electron chi connectivity index (χ2n) is 2.88. The van der Waals surface area contributed by atoms with Crippen molar-refractivity contribution in [3.63, 3.8) is 0 Å². The Morgan fingerprint density at radius 3 is 3.21 bits per heavy atom. The maximum Gasteiger partial charge on any atom is 0.240 e. The van der Waals surface area contributed by atoms with Crippen LogP contribution in [0.5, 0.6) is 5.88 Å². The molecule has 2 aromatic heterocycles. The smallest absolute Gasteiger partial charge is 0.240 e. The molecule has 0 atom stereocenters. The van der Waals surface area contributed by atoms with E-state index >= 15 is 0 Å². The highest BCUT2D eigenvalue weighted by molar-refractivity contribution is 5.54. The number of ether oxygens (including phenoxy) is 1. The SMILES string of the molecule is NCCCOc1nccn2nccc12. The zero-order valence-electron chi connectivity index (χ0n) is 7.76. The van der Waals surface area contributed by atoms with Gasteiger partial charge >= 0.3 is 0 Å². The van der Waals surface area contributed by atoms with E-state index < -0.39 is 0 Å². The fourth-order valence-electron chi connectivity index (χ4n) is 1.20. The van der Waals surface area contributed by atoms with Crippen molar-refractivity contribution in [2.75, 3.05) is 13.2 Å². The van der Waals surface area contributed by atoms with Crippen molar-refractivity contribution in [3.8, 4) is 5.88 Å². The lowest BCUT2D eigenvalue weighted by Gasteiger charge is -2.04. The van der Waals surface area contributed by atoms with Crippen LogP contribution in [0, 0.1) is 0 Å². The molecule has 2 aromatic rings. The third kappa shape index (κ3) is 1.67. The number of nitrogens with zero attached hydrogens (tertiary/aromatic N) is 3. The molecule has 5 nitrogen and oxygen atoms in total. The molecule has 0 aliphatic rings. The van der Waals surface area contributed by atoms with E-state index in [1.807, 2.05) is 6.07 Å². The van der Waals surface area contributed by atoms with Crippen LogP contribution in [-0.4, -0.2) is 27.7 Å². The number of nitrogens with two attached hydrogens (primary N) is 1. The Bertz CT molecular complexity index is 412. The molecule has 0 amide bonds. The first-order chi connectivity index (χ1) is 6.92. The number of hydrogen-bond acceptors (Lipinski definition) is 4. The molecule has 0 saturated carbocycles. The summed E-state index contributed by atoms with van der Waals surface area (Å²) in [6.45, 7) is 1.22. The largest absolute Gasteiger partial charge is 0.476 e. The van der Waals surface area contributed by atoms with Gasteiger partial charge in [0, 0.05) is 12.4 Å². The van der Waals surface area contributed by atoms with Gasteiger partial charge in [-0.3, -0.25) is 0 Å². The van der Waals surface area contributed by atoms with Gasteiger partial charge in [0.05, 0.1) is 12.8 Å². The lowest BCUT2D eigenvalue weighted by Crippen LogP contribution is -2.07. The van der Waals surface area contributed by atoms with E-state index in [9.17, 15) is 0 Å². The number of hydrogen-bond donors (Lipinski definition) is 1. The summed E-state index contributed by atoms with van der Waals surface area (Å²) in [6.07, 6.45) is 5.99. The molecule has 0 spiro atoms. The summed E-state index contributed by atoms with van der Waals surface area (Å²) in [5.74, 6) is 0.610. The summed E-state index contributed by atoms with van der Waals surface area (Å²) < 4.78 is 7.19. The fourth-order valence-corrected chi connectivity index (χ4v) is 1.20. The van der Waals surface area contributed by atoms with Crippen LogP contribution in [0.1, 0.15) is 6.42 Å². The Labute approximate surface area is 81.5 Å². The molecule has 0 radical (unpaired) electrons. The van der Waals surface area contributed by atoms with Crippen molar-refractivity contribution in [1.82, 2.24) is 14.6 Å². The van der Waals surface area contributed by atoms with E-state index in [-0.39, 0.29) is 0 Å². The topological polar surface area (TPSA) is 65.4 Å². The van der Waals surface area contributed by atoms with Crippen molar-refractivity contribution >= 4 is 5.52 Å². The van der Waals surface area contributed by atoms with E-state index in [1.54, 1.807) is 23.1 Å². The molecule has 0 fully saturated rings. The maximum absolute atomic E-state index is 5.47. The summed E-state index contributed by atoms with van der Waals surface area (Å²) in [5, 5.41) is 4.08. The molecule has 2 N–H and O–H groups in total. The number of rotatable bonds is 4. The second kappa shape index (κ2) is 4.06. The molecular weight excluding hydrogens is 180 g/mol. The molecular formula is C9H12N4O. The fraction of sp³-hybridized carbons (Fsp3) is 0.333. The molecule has 0 unspecified atom stereocenters. The van der Waals surface area contributed by atoms with Crippen molar-refractivity contribution in [2.45, 2.75) is 6.42 Å². The summed E-state index contributed by atoms with van der Waals surface area (Å²) in [6, 6.07) is 1.87. The van der Waals surface area contributed by atoms with Gasteiger partial charge in [-0.1, -0.05) is 0 Å². The minimum atomic E-state index is 0.592.